The van der Waals surface area contributed by atoms with Crippen LogP contribution in [0.3, 0.4) is 0 Å². The van der Waals surface area contributed by atoms with E-state index in [1.54, 1.807) is 0 Å². The summed E-state index contributed by atoms with van der Waals surface area (Å²) in [6, 6.07) is 13.8. The van der Waals surface area contributed by atoms with E-state index in [1.807, 2.05) is 30.3 Å². The Bertz CT molecular complexity index is 787. The van der Waals surface area contributed by atoms with Crippen molar-refractivity contribution in [3.05, 3.63) is 63.9 Å². The number of rotatable bonds is 3. The summed E-state index contributed by atoms with van der Waals surface area (Å²) in [5, 5.41) is 0. The first-order valence-electron chi connectivity index (χ1n) is 7.41. The second-order valence-electron chi connectivity index (χ2n) is 5.26. The zero-order valence-corrected chi connectivity index (χ0v) is 13.9. The quantitative estimate of drug-likeness (QED) is 0.832. The van der Waals surface area contributed by atoms with Crippen LogP contribution in [0.25, 0.3) is 0 Å². The van der Waals surface area contributed by atoms with Gasteiger partial charge in [-0.25, -0.2) is 15.0 Å². The summed E-state index contributed by atoms with van der Waals surface area (Å²) in [7, 11) is 0. The number of benzene rings is 1. The van der Waals surface area contributed by atoms with Crippen LogP contribution >= 0.6 is 15.9 Å². The largest absolute Gasteiger partial charge is 0.474 e. The van der Waals surface area contributed by atoms with Gasteiger partial charge in [0.05, 0.1) is 6.54 Å². The van der Waals surface area contributed by atoms with Gasteiger partial charge in [0.25, 0.3) is 0 Å². The SMILES string of the molecule is Brc1ccc([C@H]2COC(c3cccc(C4=NCCO4)n3)=N2)cc1. The zero-order chi connectivity index (χ0) is 15.6. The van der Waals surface area contributed by atoms with Gasteiger partial charge in [0.1, 0.15) is 30.6 Å². The highest BCUT2D eigenvalue weighted by Gasteiger charge is 2.23. The van der Waals surface area contributed by atoms with Gasteiger partial charge in [-0.1, -0.05) is 34.1 Å². The lowest BCUT2D eigenvalue weighted by Crippen LogP contribution is -2.09. The van der Waals surface area contributed by atoms with Crippen molar-refractivity contribution < 1.29 is 9.47 Å². The summed E-state index contributed by atoms with van der Waals surface area (Å²) < 4.78 is 12.3. The highest BCUT2D eigenvalue weighted by atomic mass is 79.9. The molecule has 0 aliphatic carbocycles. The number of halogens is 1. The average Bonchev–Trinajstić information content (AvgIpc) is 3.28. The van der Waals surface area contributed by atoms with Crippen LogP contribution in [0.15, 0.2) is 56.9 Å². The molecule has 1 aromatic heterocycles. The van der Waals surface area contributed by atoms with Gasteiger partial charge in [0.2, 0.25) is 11.8 Å². The van der Waals surface area contributed by atoms with E-state index < -0.39 is 0 Å². The Labute approximate surface area is 142 Å². The van der Waals surface area contributed by atoms with Crippen LogP contribution in [0.4, 0.5) is 0 Å². The molecule has 2 aliphatic rings. The van der Waals surface area contributed by atoms with Crippen molar-refractivity contribution in [2.75, 3.05) is 19.8 Å². The van der Waals surface area contributed by atoms with E-state index in [2.05, 4.69) is 43.0 Å². The van der Waals surface area contributed by atoms with Gasteiger partial charge in [0, 0.05) is 4.47 Å². The molecule has 2 aliphatic heterocycles. The van der Waals surface area contributed by atoms with Crippen molar-refractivity contribution >= 4 is 27.7 Å². The van der Waals surface area contributed by atoms with Crippen molar-refractivity contribution in [3.63, 3.8) is 0 Å². The van der Waals surface area contributed by atoms with Crippen LogP contribution < -0.4 is 0 Å². The van der Waals surface area contributed by atoms with Crippen molar-refractivity contribution in [1.82, 2.24) is 4.98 Å². The lowest BCUT2D eigenvalue weighted by Gasteiger charge is -2.04. The molecule has 2 aromatic rings. The summed E-state index contributed by atoms with van der Waals surface area (Å²) in [6.07, 6.45) is 0. The Kier molecular flexibility index (Phi) is 3.83. The Morgan fingerprint density at radius 1 is 0.957 bits per heavy atom. The van der Waals surface area contributed by atoms with Gasteiger partial charge in [-0.05, 0) is 29.8 Å². The molecule has 0 saturated heterocycles. The van der Waals surface area contributed by atoms with Gasteiger partial charge in [-0.2, -0.15) is 0 Å². The first kappa shape index (κ1) is 14.4. The number of aliphatic imine (C=N–C) groups is 2. The lowest BCUT2D eigenvalue weighted by atomic mass is 10.1. The van der Waals surface area contributed by atoms with Gasteiger partial charge in [-0.3, -0.25) is 0 Å². The number of aromatic nitrogens is 1. The van der Waals surface area contributed by atoms with E-state index in [9.17, 15) is 0 Å². The molecule has 0 saturated carbocycles. The molecule has 23 heavy (non-hydrogen) atoms. The molecule has 0 bridgehead atoms. The third-order valence-electron chi connectivity index (χ3n) is 3.68. The smallest absolute Gasteiger partial charge is 0.236 e. The molecular formula is C17H14BrN3O2. The standard InChI is InChI=1S/C17H14BrN3O2/c18-12-6-4-11(5-7-12)15-10-23-17(21-15)14-3-1-2-13(20-14)16-19-8-9-22-16/h1-7,15H,8-10H2/t15-/m1/s1. The topological polar surface area (TPSA) is 56.1 Å². The molecule has 6 heteroatoms. The number of nitrogens with zero attached hydrogens (tertiary/aromatic N) is 3. The van der Waals surface area contributed by atoms with E-state index >= 15 is 0 Å². The van der Waals surface area contributed by atoms with Gasteiger partial charge >= 0.3 is 0 Å². The molecule has 116 valence electrons. The van der Waals surface area contributed by atoms with E-state index in [0.29, 0.717) is 37.2 Å². The van der Waals surface area contributed by atoms with E-state index in [4.69, 9.17) is 9.47 Å². The molecule has 4 rings (SSSR count). The summed E-state index contributed by atoms with van der Waals surface area (Å²) >= 11 is 3.44. The summed E-state index contributed by atoms with van der Waals surface area (Å²) in [5.74, 6) is 1.16. The molecule has 1 atom stereocenters. The molecule has 0 unspecified atom stereocenters. The Morgan fingerprint density at radius 3 is 2.48 bits per heavy atom. The Morgan fingerprint density at radius 2 is 1.74 bits per heavy atom. The van der Waals surface area contributed by atoms with Gasteiger partial charge in [0.15, 0.2) is 0 Å². The molecule has 0 spiro atoms. The average molecular weight is 372 g/mol. The summed E-state index contributed by atoms with van der Waals surface area (Å²) in [5.41, 5.74) is 2.56. The maximum absolute atomic E-state index is 5.75. The van der Waals surface area contributed by atoms with E-state index in [-0.39, 0.29) is 6.04 Å². The molecule has 3 heterocycles. The second kappa shape index (κ2) is 6.12. The van der Waals surface area contributed by atoms with Crippen molar-refractivity contribution in [2.24, 2.45) is 9.98 Å². The highest BCUT2D eigenvalue weighted by molar-refractivity contribution is 9.10. The van der Waals surface area contributed by atoms with Crippen molar-refractivity contribution in [1.29, 1.82) is 0 Å². The molecule has 0 N–H and O–H groups in total. The van der Waals surface area contributed by atoms with Crippen LogP contribution in [0.5, 0.6) is 0 Å². The molecular weight excluding hydrogens is 358 g/mol. The van der Waals surface area contributed by atoms with E-state index in [0.717, 1.165) is 15.7 Å². The van der Waals surface area contributed by atoms with Crippen molar-refractivity contribution in [2.45, 2.75) is 6.04 Å². The minimum atomic E-state index is 0.00336. The molecule has 5 nitrogen and oxygen atoms in total. The second-order valence-corrected chi connectivity index (χ2v) is 6.17. The molecule has 0 radical (unpaired) electrons. The van der Waals surface area contributed by atoms with Crippen LogP contribution in [-0.4, -0.2) is 36.5 Å². The maximum Gasteiger partial charge on any atom is 0.236 e. The number of ether oxygens (including phenoxy) is 2. The fraction of sp³-hybridized carbons (Fsp3) is 0.235. The minimum absolute atomic E-state index is 0.00336. The fourth-order valence-corrected chi connectivity index (χ4v) is 2.80. The molecule has 0 amide bonds. The molecule has 1 aromatic carbocycles. The predicted molar refractivity (Wildman–Crippen MR) is 91.0 cm³/mol. The number of hydrogen-bond acceptors (Lipinski definition) is 5. The first-order valence-corrected chi connectivity index (χ1v) is 8.20. The van der Waals surface area contributed by atoms with Gasteiger partial charge < -0.3 is 9.47 Å². The number of hydrogen-bond donors (Lipinski definition) is 0. The maximum atomic E-state index is 5.75. The van der Waals surface area contributed by atoms with Crippen LogP contribution in [0.2, 0.25) is 0 Å². The normalized spacial score (nSPS) is 19.8. The molecule has 0 fully saturated rings. The number of pyridine rings is 1. The zero-order valence-electron chi connectivity index (χ0n) is 12.3. The Balaban J connectivity index is 1.60. The first-order chi connectivity index (χ1) is 11.3. The minimum Gasteiger partial charge on any atom is -0.474 e. The summed E-state index contributed by atoms with van der Waals surface area (Å²) in [6.45, 7) is 1.83. The Hall–Kier alpha value is -2.21. The lowest BCUT2D eigenvalue weighted by molar-refractivity contribution is 0.319. The third kappa shape index (κ3) is 2.99. The van der Waals surface area contributed by atoms with E-state index in [1.165, 1.54) is 0 Å². The summed E-state index contributed by atoms with van der Waals surface area (Å²) in [4.78, 5) is 13.5. The predicted octanol–water partition coefficient (Wildman–Crippen LogP) is 3.14. The third-order valence-corrected chi connectivity index (χ3v) is 4.21. The fourth-order valence-electron chi connectivity index (χ4n) is 2.53. The van der Waals surface area contributed by atoms with Crippen molar-refractivity contribution in [3.8, 4) is 0 Å². The van der Waals surface area contributed by atoms with Crippen LogP contribution in [-0.2, 0) is 9.47 Å². The highest BCUT2D eigenvalue weighted by Crippen LogP contribution is 2.26. The monoisotopic (exact) mass is 371 g/mol. The van der Waals surface area contributed by atoms with Crippen LogP contribution in [0.1, 0.15) is 23.0 Å². The van der Waals surface area contributed by atoms with Gasteiger partial charge in [-0.15, -0.1) is 0 Å². The van der Waals surface area contributed by atoms with Crippen LogP contribution in [0, 0.1) is 0 Å².